The molecule has 0 aliphatic rings. The number of thiocarbonyl (C=S) groups is 1. The summed E-state index contributed by atoms with van der Waals surface area (Å²) < 4.78 is 37.4. The molecule has 2 N–H and O–H groups in total. The maximum Gasteiger partial charge on any atom is 0.416 e. The van der Waals surface area contributed by atoms with Gasteiger partial charge in [0.15, 0.2) is 0 Å². The molecule has 0 saturated carbocycles. The smallest absolute Gasteiger partial charge is 0.392 e. The van der Waals surface area contributed by atoms with Crippen LogP contribution >= 0.6 is 12.2 Å². The molecule has 0 fully saturated rings. The van der Waals surface area contributed by atoms with Crippen LogP contribution in [0.1, 0.15) is 29.8 Å². The molecule has 1 rings (SSSR count). The molecule has 1 aromatic rings. The van der Waals surface area contributed by atoms with Crippen LogP contribution in [0.15, 0.2) is 24.3 Å². The lowest BCUT2D eigenvalue weighted by molar-refractivity contribution is -0.137. The number of benzene rings is 1. The summed E-state index contributed by atoms with van der Waals surface area (Å²) in [5, 5.41) is 0. The highest BCUT2D eigenvalue weighted by Crippen LogP contribution is 2.29. The van der Waals surface area contributed by atoms with Crippen molar-refractivity contribution in [2.75, 3.05) is 6.54 Å². The summed E-state index contributed by atoms with van der Waals surface area (Å²) in [5.74, 6) is -0.401. The maximum atomic E-state index is 12.5. The van der Waals surface area contributed by atoms with Gasteiger partial charge in [-0.2, -0.15) is 13.2 Å². The monoisotopic (exact) mass is 304 g/mol. The second-order valence-electron chi connectivity index (χ2n) is 4.57. The summed E-state index contributed by atoms with van der Waals surface area (Å²) in [5.41, 5.74) is 4.79. The molecule has 110 valence electrons. The summed E-state index contributed by atoms with van der Waals surface area (Å²) in [6, 6.07) is 3.91. The Bertz CT molecular complexity index is 497. The summed E-state index contributed by atoms with van der Waals surface area (Å²) in [6.45, 7) is 3.65. The quantitative estimate of drug-likeness (QED) is 0.870. The lowest BCUT2D eigenvalue weighted by atomic mass is 10.1. The van der Waals surface area contributed by atoms with Crippen molar-refractivity contribution in [3.63, 3.8) is 0 Å². The van der Waals surface area contributed by atoms with E-state index in [0.717, 1.165) is 24.3 Å². The molecule has 0 bridgehead atoms. The number of nitrogens with zero attached hydrogens (tertiary/aromatic N) is 1. The Morgan fingerprint density at radius 1 is 1.30 bits per heavy atom. The standard InChI is InChI=1S/C13H15F3N2OS/c1-8(2)18(7-11(17)20)12(19)9-3-5-10(6-4-9)13(14,15)16/h3-6,8H,7H2,1-2H3,(H2,17,20). The molecule has 0 aliphatic carbocycles. The predicted octanol–water partition coefficient (Wildman–Crippen LogP) is 2.84. The molecule has 7 heteroatoms. The van der Waals surface area contributed by atoms with Crippen LogP contribution in [0, 0.1) is 0 Å². The Kier molecular flexibility index (Phi) is 5.10. The van der Waals surface area contributed by atoms with E-state index >= 15 is 0 Å². The van der Waals surface area contributed by atoms with Crippen molar-refractivity contribution in [2.45, 2.75) is 26.1 Å². The number of amides is 1. The van der Waals surface area contributed by atoms with Gasteiger partial charge in [0.25, 0.3) is 5.91 Å². The maximum absolute atomic E-state index is 12.5. The van der Waals surface area contributed by atoms with Gasteiger partial charge < -0.3 is 10.6 Å². The molecular formula is C13H15F3N2OS. The van der Waals surface area contributed by atoms with Crippen LogP contribution in [0.4, 0.5) is 13.2 Å². The van der Waals surface area contributed by atoms with Crippen LogP contribution in [-0.2, 0) is 6.18 Å². The topological polar surface area (TPSA) is 46.3 Å². The molecule has 0 aromatic heterocycles. The van der Waals surface area contributed by atoms with Crippen LogP contribution in [0.5, 0.6) is 0 Å². The van der Waals surface area contributed by atoms with Crippen molar-refractivity contribution in [1.29, 1.82) is 0 Å². The second kappa shape index (κ2) is 6.21. The number of alkyl halides is 3. The Hall–Kier alpha value is -1.63. The van der Waals surface area contributed by atoms with Gasteiger partial charge in [-0.15, -0.1) is 0 Å². The fourth-order valence-corrected chi connectivity index (χ4v) is 1.76. The highest BCUT2D eigenvalue weighted by Gasteiger charge is 2.30. The molecule has 1 amide bonds. The first-order valence-corrected chi connectivity index (χ1v) is 6.30. The average Bonchev–Trinajstić information content (AvgIpc) is 2.33. The van der Waals surface area contributed by atoms with E-state index in [4.69, 9.17) is 18.0 Å². The number of carbonyl (C=O) groups excluding carboxylic acids is 1. The van der Waals surface area contributed by atoms with Crippen molar-refractivity contribution in [3.8, 4) is 0 Å². The lowest BCUT2D eigenvalue weighted by Gasteiger charge is -2.26. The van der Waals surface area contributed by atoms with Crippen LogP contribution in [0.2, 0.25) is 0 Å². The zero-order chi connectivity index (χ0) is 15.5. The highest BCUT2D eigenvalue weighted by molar-refractivity contribution is 7.80. The van der Waals surface area contributed by atoms with Gasteiger partial charge in [0, 0.05) is 11.6 Å². The van der Waals surface area contributed by atoms with Gasteiger partial charge in [0.1, 0.15) is 0 Å². The van der Waals surface area contributed by atoms with Gasteiger partial charge >= 0.3 is 6.18 Å². The summed E-state index contributed by atoms with van der Waals surface area (Å²) >= 11 is 4.76. The first-order chi connectivity index (χ1) is 9.12. The Labute approximate surface area is 120 Å². The van der Waals surface area contributed by atoms with Gasteiger partial charge in [-0.1, -0.05) is 12.2 Å². The van der Waals surface area contributed by atoms with Gasteiger partial charge in [-0.3, -0.25) is 4.79 Å². The first kappa shape index (κ1) is 16.4. The first-order valence-electron chi connectivity index (χ1n) is 5.89. The third kappa shape index (κ3) is 4.19. The lowest BCUT2D eigenvalue weighted by Crippen LogP contribution is -2.42. The zero-order valence-corrected chi connectivity index (χ0v) is 11.9. The van der Waals surface area contributed by atoms with Crippen molar-refractivity contribution in [2.24, 2.45) is 5.73 Å². The van der Waals surface area contributed by atoms with E-state index in [1.54, 1.807) is 13.8 Å². The van der Waals surface area contributed by atoms with Crippen molar-refractivity contribution >= 4 is 23.1 Å². The minimum Gasteiger partial charge on any atom is -0.392 e. The van der Waals surface area contributed by atoms with E-state index in [2.05, 4.69) is 0 Å². The fourth-order valence-electron chi connectivity index (χ4n) is 1.62. The highest BCUT2D eigenvalue weighted by atomic mass is 32.1. The number of halogens is 3. The largest absolute Gasteiger partial charge is 0.416 e. The third-order valence-electron chi connectivity index (χ3n) is 2.67. The SMILES string of the molecule is CC(C)N(CC(N)=S)C(=O)c1ccc(C(F)(F)F)cc1. The molecule has 1 aromatic carbocycles. The van der Waals surface area contributed by atoms with Gasteiger partial charge in [0.05, 0.1) is 17.1 Å². The molecule has 20 heavy (non-hydrogen) atoms. The minimum atomic E-state index is -4.42. The van der Waals surface area contributed by atoms with E-state index in [1.807, 2.05) is 0 Å². The van der Waals surface area contributed by atoms with Gasteiger partial charge in [-0.25, -0.2) is 0 Å². The summed E-state index contributed by atoms with van der Waals surface area (Å²) in [6.07, 6.45) is -4.42. The zero-order valence-electron chi connectivity index (χ0n) is 11.1. The van der Waals surface area contributed by atoms with E-state index < -0.39 is 17.6 Å². The van der Waals surface area contributed by atoms with E-state index in [-0.39, 0.29) is 23.1 Å². The number of carbonyl (C=O) groups is 1. The molecule has 0 heterocycles. The van der Waals surface area contributed by atoms with Crippen LogP contribution in [0.25, 0.3) is 0 Å². The van der Waals surface area contributed by atoms with Crippen LogP contribution in [-0.4, -0.2) is 28.4 Å². The third-order valence-corrected chi connectivity index (χ3v) is 2.80. The predicted molar refractivity (Wildman–Crippen MR) is 74.4 cm³/mol. The Morgan fingerprint density at radius 3 is 2.15 bits per heavy atom. The Balaban J connectivity index is 2.98. The van der Waals surface area contributed by atoms with Gasteiger partial charge in [-0.05, 0) is 38.1 Å². The summed E-state index contributed by atoms with van der Waals surface area (Å²) in [7, 11) is 0. The molecule has 0 atom stereocenters. The number of hydrogen-bond acceptors (Lipinski definition) is 2. The van der Waals surface area contributed by atoms with E-state index in [9.17, 15) is 18.0 Å². The summed E-state index contributed by atoms with van der Waals surface area (Å²) in [4.78, 5) is 13.8. The molecular weight excluding hydrogens is 289 g/mol. The number of rotatable bonds is 4. The van der Waals surface area contributed by atoms with E-state index in [0.29, 0.717) is 0 Å². The Morgan fingerprint density at radius 2 is 1.80 bits per heavy atom. The molecule has 0 saturated heterocycles. The minimum absolute atomic E-state index is 0.0901. The number of hydrogen-bond donors (Lipinski definition) is 1. The van der Waals surface area contributed by atoms with Crippen molar-refractivity contribution < 1.29 is 18.0 Å². The van der Waals surface area contributed by atoms with Crippen molar-refractivity contribution in [1.82, 2.24) is 4.90 Å². The molecule has 0 unspecified atom stereocenters. The molecule has 0 radical (unpaired) electrons. The van der Waals surface area contributed by atoms with Crippen LogP contribution < -0.4 is 5.73 Å². The molecule has 0 aliphatic heterocycles. The van der Waals surface area contributed by atoms with Gasteiger partial charge in [0.2, 0.25) is 0 Å². The molecule has 3 nitrogen and oxygen atoms in total. The second-order valence-corrected chi connectivity index (χ2v) is 5.09. The number of nitrogens with two attached hydrogens (primary N) is 1. The fraction of sp³-hybridized carbons (Fsp3) is 0.385. The average molecular weight is 304 g/mol. The van der Waals surface area contributed by atoms with E-state index in [1.165, 1.54) is 4.90 Å². The van der Waals surface area contributed by atoms with Crippen LogP contribution in [0.3, 0.4) is 0 Å². The normalized spacial score (nSPS) is 11.5. The molecule has 0 spiro atoms. The van der Waals surface area contributed by atoms with Crippen molar-refractivity contribution in [3.05, 3.63) is 35.4 Å².